The number of nitrogens with zero attached hydrogens (tertiary/aromatic N) is 1. The molecule has 1 heterocycles. The second-order valence-corrected chi connectivity index (χ2v) is 15.0. The van der Waals surface area contributed by atoms with E-state index in [0.29, 0.717) is 21.3 Å². The van der Waals surface area contributed by atoms with Crippen LogP contribution >= 0.6 is 34.5 Å². The van der Waals surface area contributed by atoms with Crippen molar-refractivity contribution in [2.24, 2.45) is 0 Å². The Morgan fingerprint density at radius 1 is 1.07 bits per heavy atom. The maximum atomic E-state index is 12.7. The molecule has 2 aromatic carbocycles. The van der Waals surface area contributed by atoms with Crippen molar-refractivity contribution < 1.29 is 13.2 Å². The molecule has 1 unspecified atom stereocenters. The van der Waals surface area contributed by atoms with Crippen LogP contribution in [0.25, 0.3) is 0 Å². The van der Waals surface area contributed by atoms with Crippen LogP contribution in [0.2, 0.25) is 10.0 Å². The number of nitrogens with one attached hydrogen (secondary N) is 2. The van der Waals surface area contributed by atoms with E-state index in [-0.39, 0.29) is 14.3 Å². The molecule has 0 aliphatic rings. The summed E-state index contributed by atoms with van der Waals surface area (Å²) in [5.74, 6) is 0. The van der Waals surface area contributed by atoms with Gasteiger partial charge >= 0.3 is 188 Å². The predicted octanol–water partition coefficient (Wildman–Crippen LogP) is 4.02. The Morgan fingerprint density at radius 3 is 2.52 bits per heavy atom. The van der Waals surface area contributed by atoms with Crippen LogP contribution in [0.4, 0.5) is 16.2 Å². The fourth-order valence-corrected chi connectivity index (χ4v) is 10.7. The fourth-order valence-electron chi connectivity index (χ4n) is 2.29. The molecule has 6 nitrogen and oxygen atoms in total. The van der Waals surface area contributed by atoms with Crippen molar-refractivity contribution in [3.05, 3.63) is 69.5 Å². The van der Waals surface area contributed by atoms with E-state index in [2.05, 4.69) is 10.6 Å². The fraction of sp³-hybridized carbons (Fsp3) is 0. The number of hydrogen-bond donors (Lipinski definition) is 2. The van der Waals surface area contributed by atoms with E-state index in [0.717, 1.165) is 11.3 Å². The number of carbonyl (C=O) groups is 1. The Bertz CT molecular complexity index is 1210. The zero-order chi connectivity index (χ0) is 21.0. The third-order valence-electron chi connectivity index (χ3n) is 3.60. The summed E-state index contributed by atoms with van der Waals surface area (Å²) in [5, 5.41) is 16.5. The van der Waals surface area contributed by atoms with Crippen LogP contribution in [0.1, 0.15) is 5.56 Å². The summed E-state index contributed by atoms with van der Waals surface area (Å²) in [6.45, 7) is 0. The van der Waals surface area contributed by atoms with Gasteiger partial charge < -0.3 is 0 Å². The molecule has 2 amide bonds. The van der Waals surface area contributed by atoms with Gasteiger partial charge in [0.05, 0.1) is 0 Å². The number of thiophene rings is 1. The number of amides is 2. The number of carbonyl (C=O) groups excluding carboxylic acids is 1. The quantitative estimate of drug-likeness (QED) is 0.489. The first-order valence-corrected chi connectivity index (χ1v) is 14.7. The summed E-state index contributed by atoms with van der Waals surface area (Å²) in [6, 6.07) is 13.9. The third-order valence-corrected chi connectivity index (χ3v) is 13.4. The first-order valence-electron chi connectivity index (χ1n) is 7.92. The van der Waals surface area contributed by atoms with Crippen LogP contribution in [-0.2, 0) is 8.10 Å². The molecule has 0 aliphatic heterocycles. The Kier molecular flexibility index (Phi) is 6.88. The Morgan fingerprint density at radius 2 is 1.83 bits per heavy atom. The molecule has 2 N–H and O–H groups in total. The van der Waals surface area contributed by atoms with Crippen molar-refractivity contribution in [3.8, 4) is 6.07 Å². The van der Waals surface area contributed by atoms with Crippen molar-refractivity contribution in [2.45, 2.75) is 4.21 Å². The van der Waals surface area contributed by atoms with E-state index in [1.54, 1.807) is 35.7 Å². The second kappa shape index (κ2) is 9.20. The maximum absolute atomic E-state index is 12.7. The molecule has 0 radical (unpaired) electrons. The zero-order valence-electron chi connectivity index (χ0n) is 14.4. The topological polar surface area (TPSA) is 99.1 Å². The summed E-state index contributed by atoms with van der Waals surface area (Å²) in [4.78, 5) is 12.4. The van der Waals surface area contributed by atoms with Crippen molar-refractivity contribution in [2.75, 3.05) is 10.6 Å². The van der Waals surface area contributed by atoms with E-state index < -0.39 is 28.7 Å². The van der Waals surface area contributed by atoms with Crippen molar-refractivity contribution in [1.29, 1.82) is 5.26 Å². The molecule has 29 heavy (non-hydrogen) atoms. The van der Waals surface area contributed by atoms with Gasteiger partial charge in [-0.25, -0.2) is 0 Å². The van der Waals surface area contributed by atoms with Gasteiger partial charge in [-0.1, -0.05) is 0 Å². The molecule has 3 aromatic rings. The van der Waals surface area contributed by atoms with Gasteiger partial charge in [-0.15, -0.1) is 0 Å². The molecule has 0 spiro atoms. The molecule has 0 aliphatic carbocycles. The standard InChI is InChI=1S/C18H12AsCl2N3O3S2/c20-13-3-1-4-15(17(13)21)24-18(25)23-14-7-6-11(10-22)9-12(14)19-29(26,27)16-5-2-8-28-16/h1-9,19H,(H2,23,24,25). The van der Waals surface area contributed by atoms with Crippen molar-refractivity contribution in [3.63, 3.8) is 0 Å². The molecule has 1 atom stereocenters. The summed E-state index contributed by atoms with van der Waals surface area (Å²) >= 11 is 11.4. The minimum atomic E-state index is -3.50. The zero-order valence-corrected chi connectivity index (χ0v) is 19.7. The molecule has 0 saturated carbocycles. The Hall–Kier alpha value is -2.01. The van der Waals surface area contributed by atoms with Crippen molar-refractivity contribution in [1.82, 2.24) is 0 Å². The molecular formula is C18H12AsCl2N3O3S2. The Labute approximate surface area is 187 Å². The summed E-state index contributed by atoms with van der Waals surface area (Å²) < 4.78 is 26.1. The number of nitriles is 1. The minimum absolute atomic E-state index is 0.193. The normalized spacial score (nSPS) is 11.3. The van der Waals surface area contributed by atoms with Crippen LogP contribution in [0.5, 0.6) is 0 Å². The van der Waals surface area contributed by atoms with Gasteiger partial charge in [0.15, 0.2) is 0 Å². The molecule has 148 valence electrons. The number of halogens is 2. The third kappa shape index (κ3) is 5.33. The van der Waals surface area contributed by atoms with Gasteiger partial charge in [0.2, 0.25) is 0 Å². The Balaban J connectivity index is 1.86. The second-order valence-electron chi connectivity index (χ2n) is 5.59. The van der Waals surface area contributed by atoms with E-state index >= 15 is 0 Å². The van der Waals surface area contributed by atoms with Crippen LogP contribution in [0.3, 0.4) is 0 Å². The number of urea groups is 1. The van der Waals surface area contributed by atoms with Gasteiger partial charge in [-0.05, 0) is 0 Å². The molecule has 3 rings (SSSR count). The van der Waals surface area contributed by atoms with Gasteiger partial charge in [0.1, 0.15) is 0 Å². The van der Waals surface area contributed by atoms with Gasteiger partial charge in [-0.3, -0.25) is 0 Å². The summed E-state index contributed by atoms with van der Waals surface area (Å²) in [5.41, 5.74) is 0.947. The van der Waals surface area contributed by atoms with Crippen LogP contribution in [0.15, 0.2) is 58.1 Å². The molecule has 0 fully saturated rings. The first kappa shape index (κ1) is 21.7. The predicted molar refractivity (Wildman–Crippen MR) is 119 cm³/mol. The average Bonchev–Trinajstić information content (AvgIpc) is 3.22. The van der Waals surface area contributed by atoms with E-state index in [9.17, 15) is 13.2 Å². The van der Waals surface area contributed by atoms with Gasteiger partial charge in [0, 0.05) is 0 Å². The number of anilines is 2. The molecule has 11 heteroatoms. The monoisotopic (exact) mass is 527 g/mol. The first-order chi connectivity index (χ1) is 13.8. The van der Waals surface area contributed by atoms with Gasteiger partial charge in [-0.2, -0.15) is 0 Å². The van der Waals surface area contributed by atoms with Crippen molar-refractivity contribution >= 4 is 79.0 Å². The molecule has 0 saturated heterocycles. The number of benzene rings is 2. The summed E-state index contributed by atoms with van der Waals surface area (Å²) in [7, 11) is -3.50. The van der Waals surface area contributed by atoms with Crippen LogP contribution in [0, 0.1) is 11.3 Å². The van der Waals surface area contributed by atoms with E-state index in [4.69, 9.17) is 28.5 Å². The average molecular weight is 528 g/mol. The van der Waals surface area contributed by atoms with Crippen LogP contribution in [-0.4, -0.2) is 29.0 Å². The molecule has 0 bridgehead atoms. The SMILES string of the molecule is N#Cc1ccc(NC(=O)Nc2cccc(Cl)c2Cl)c([AsH]S(=O)(=O)c2cccs2)c1. The van der Waals surface area contributed by atoms with Gasteiger partial charge in [0.25, 0.3) is 0 Å². The molecule has 1 aromatic heterocycles. The van der Waals surface area contributed by atoms with E-state index in [1.807, 2.05) is 6.07 Å². The van der Waals surface area contributed by atoms with E-state index in [1.165, 1.54) is 18.2 Å². The number of rotatable bonds is 5. The van der Waals surface area contributed by atoms with Crippen LogP contribution < -0.4 is 15.0 Å². The molecular weight excluding hydrogens is 516 g/mol. The number of hydrogen-bond acceptors (Lipinski definition) is 5. The summed E-state index contributed by atoms with van der Waals surface area (Å²) in [6.07, 6.45) is 0.